The molecular weight excluding hydrogens is 364 g/mol. The Hall–Kier alpha value is -2.53. The minimum atomic E-state index is -0.528. The number of ether oxygens (including phenoxy) is 1. The lowest BCUT2D eigenvalue weighted by Gasteiger charge is -2.39. The third kappa shape index (κ3) is 4.25. The quantitative estimate of drug-likeness (QED) is 0.806. The molecule has 5 nitrogen and oxygen atoms in total. The Kier molecular flexibility index (Phi) is 5.71. The van der Waals surface area contributed by atoms with Crippen molar-refractivity contribution < 1.29 is 14.3 Å². The van der Waals surface area contributed by atoms with E-state index < -0.39 is 6.04 Å². The number of amides is 2. The Morgan fingerprint density at radius 1 is 1.15 bits per heavy atom. The molecule has 0 spiro atoms. The molecule has 0 N–H and O–H groups in total. The molecule has 1 heterocycles. The van der Waals surface area contributed by atoms with Crippen molar-refractivity contribution in [3.8, 4) is 5.75 Å². The second-order valence-electron chi connectivity index (χ2n) is 6.79. The van der Waals surface area contributed by atoms with Gasteiger partial charge in [-0.1, -0.05) is 23.7 Å². The average molecular weight is 387 g/mol. The van der Waals surface area contributed by atoms with Gasteiger partial charge in [0.1, 0.15) is 11.8 Å². The third-order valence-electron chi connectivity index (χ3n) is 4.81. The maximum absolute atomic E-state index is 12.9. The van der Waals surface area contributed by atoms with Crippen LogP contribution in [0.5, 0.6) is 5.75 Å². The predicted octanol–water partition coefficient (Wildman–Crippen LogP) is 3.60. The van der Waals surface area contributed by atoms with Crippen LogP contribution in [0.3, 0.4) is 0 Å². The number of anilines is 1. The molecule has 0 bridgehead atoms. The van der Waals surface area contributed by atoms with Crippen molar-refractivity contribution in [2.45, 2.75) is 26.8 Å². The van der Waals surface area contributed by atoms with E-state index in [0.29, 0.717) is 23.9 Å². The molecule has 1 fully saturated rings. The number of benzene rings is 2. The van der Waals surface area contributed by atoms with Gasteiger partial charge >= 0.3 is 0 Å². The van der Waals surface area contributed by atoms with Crippen molar-refractivity contribution in [1.29, 1.82) is 0 Å². The Morgan fingerprint density at radius 2 is 1.85 bits per heavy atom. The Labute approximate surface area is 164 Å². The second kappa shape index (κ2) is 8.01. The summed E-state index contributed by atoms with van der Waals surface area (Å²) in [4.78, 5) is 28.8. The van der Waals surface area contributed by atoms with Crippen molar-refractivity contribution in [2.75, 3.05) is 24.6 Å². The molecule has 1 unspecified atom stereocenters. The van der Waals surface area contributed by atoms with E-state index in [1.54, 1.807) is 41.0 Å². The van der Waals surface area contributed by atoms with Gasteiger partial charge in [-0.15, -0.1) is 0 Å². The maximum Gasteiger partial charge on any atom is 0.261 e. The van der Waals surface area contributed by atoms with Crippen molar-refractivity contribution in [3.63, 3.8) is 0 Å². The first-order valence-electron chi connectivity index (χ1n) is 8.93. The Balaban J connectivity index is 1.66. The van der Waals surface area contributed by atoms with E-state index in [9.17, 15) is 9.59 Å². The number of aryl methyl sites for hydroxylation is 2. The van der Waals surface area contributed by atoms with Gasteiger partial charge in [0.25, 0.3) is 5.91 Å². The first-order valence-corrected chi connectivity index (χ1v) is 9.31. The molecule has 1 aliphatic heterocycles. The van der Waals surface area contributed by atoms with Gasteiger partial charge in [-0.05, 0) is 62.2 Å². The molecular formula is C21H23ClN2O3. The van der Waals surface area contributed by atoms with Crippen LogP contribution in [-0.2, 0) is 9.59 Å². The minimum Gasteiger partial charge on any atom is -0.484 e. The molecule has 0 aliphatic carbocycles. The lowest BCUT2D eigenvalue weighted by Crippen LogP contribution is -2.58. The molecule has 27 heavy (non-hydrogen) atoms. The lowest BCUT2D eigenvalue weighted by atomic mass is 10.1. The SMILES string of the molecule is Cc1ccc(C)c(N2CCN(C(=O)COc3ccc(Cl)cc3)C(C)C2=O)c1. The largest absolute Gasteiger partial charge is 0.484 e. The molecule has 3 rings (SSSR count). The topological polar surface area (TPSA) is 49.9 Å². The summed E-state index contributed by atoms with van der Waals surface area (Å²) in [6, 6.07) is 12.4. The van der Waals surface area contributed by atoms with Gasteiger partial charge in [-0.25, -0.2) is 0 Å². The van der Waals surface area contributed by atoms with E-state index in [2.05, 4.69) is 0 Å². The zero-order valence-corrected chi connectivity index (χ0v) is 16.5. The summed E-state index contributed by atoms with van der Waals surface area (Å²) < 4.78 is 5.53. The molecule has 1 aliphatic rings. The van der Waals surface area contributed by atoms with Crippen LogP contribution in [0.1, 0.15) is 18.1 Å². The average Bonchev–Trinajstić information content (AvgIpc) is 2.65. The summed E-state index contributed by atoms with van der Waals surface area (Å²) >= 11 is 5.84. The summed E-state index contributed by atoms with van der Waals surface area (Å²) in [5, 5.41) is 0.607. The minimum absolute atomic E-state index is 0.0743. The second-order valence-corrected chi connectivity index (χ2v) is 7.22. The van der Waals surface area contributed by atoms with Gasteiger partial charge in [-0.3, -0.25) is 9.59 Å². The van der Waals surface area contributed by atoms with Crippen molar-refractivity contribution >= 4 is 29.1 Å². The summed E-state index contributed by atoms with van der Waals surface area (Å²) in [5.74, 6) is 0.293. The Morgan fingerprint density at radius 3 is 2.56 bits per heavy atom. The molecule has 2 amide bonds. The van der Waals surface area contributed by atoms with Crippen LogP contribution in [-0.4, -0.2) is 42.5 Å². The molecule has 1 saturated heterocycles. The lowest BCUT2D eigenvalue weighted by molar-refractivity contribution is -0.142. The van der Waals surface area contributed by atoms with Crippen LogP contribution in [0.15, 0.2) is 42.5 Å². The standard InChI is InChI=1S/C21H23ClN2O3/c1-14-4-5-15(2)19(12-14)24-11-10-23(16(3)21(24)26)20(25)13-27-18-8-6-17(22)7-9-18/h4-9,12,16H,10-11,13H2,1-3H3. The van der Waals surface area contributed by atoms with Crippen LogP contribution in [0.4, 0.5) is 5.69 Å². The number of nitrogens with zero attached hydrogens (tertiary/aromatic N) is 2. The van der Waals surface area contributed by atoms with E-state index >= 15 is 0 Å². The highest BCUT2D eigenvalue weighted by Gasteiger charge is 2.35. The highest BCUT2D eigenvalue weighted by Crippen LogP contribution is 2.25. The fraction of sp³-hybridized carbons (Fsp3) is 0.333. The van der Waals surface area contributed by atoms with E-state index in [1.165, 1.54) is 0 Å². The molecule has 0 aromatic heterocycles. The fourth-order valence-corrected chi connectivity index (χ4v) is 3.35. The van der Waals surface area contributed by atoms with E-state index in [4.69, 9.17) is 16.3 Å². The summed E-state index contributed by atoms with van der Waals surface area (Å²) in [7, 11) is 0. The molecule has 142 valence electrons. The fourth-order valence-electron chi connectivity index (χ4n) is 3.22. The first kappa shape index (κ1) is 19.2. The van der Waals surface area contributed by atoms with Gasteiger partial charge in [-0.2, -0.15) is 0 Å². The summed E-state index contributed by atoms with van der Waals surface area (Å²) in [5.41, 5.74) is 3.06. The molecule has 2 aromatic carbocycles. The van der Waals surface area contributed by atoms with Crippen LogP contribution in [0, 0.1) is 13.8 Å². The third-order valence-corrected chi connectivity index (χ3v) is 5.06. The molecule has 1 atom stereocenters. The zero-order chi connectivity index (χ0) is 19.6. The molecule has 2 aromatic rings. The Bertz CT molecular complexity index is 851. The molecule has 0 saturated carbocycles. The van der Waals surface area contributed by atoms with Crippen LogP contribution in [0.25, 0.3) is 0 Å². The van der Waals surface area contributed by atoms with E-state index in [-0.39, 0.29) is 18.4 Å². The monoisotopic (exact) mass is 386 g/mol. The predicted molar refractivity (Wildman–Crippen MR) is 106 cm³/mol. The maximum atomic E-state index is 12.9. The smallest absolute Gasteiger partial charge is 0.261 e. The summed E-state index contributed by atoms with van der Waals surface area (Å²) in [6.45, 7) is 6.60. The number of rotatable bonds is 4. The van der Waals surface area contributed by atoms with Crippen LogP contribution < -0.4 is 9.64 Å². The molecule has 6 heteroatoms. The summed E-state index contributed by atoms with van der Waals surface area (Å²) in [6.07, 6.45) is 0. The van der Waals surface area contributed by atoms with Gasteiger partial charge in [0.15, 0.2) is 6.61 Å². The first-order chi connectivity index (χ1) is 12.9. The number of hydrogen-bond acceptors (Lipinski definition) is 3. The van der Waals surface area contributed by atoms with E-state index in [1.807, 2.05) is 32.0 Å². The van der Waals surface area contributed by atoms with Crippen LogP contribution in [0.2, 0.25) is 5.02 Å². The number of hydrogen-bond donors (Lipinski definition) is 0. The van der Waals surface area contributed by atoms with Crippen molar-refractivity contribution in [1.82, 2.24) is 4.90 Å². The van der Waals surface area contributed by atoms with Crippen molar-refractivity contribution in [2.24, 2.45) is 0 Å². The number of halogens is 1. The van der Waals surface area contributed by atoms with Gasteiger partial charge in [0.05, 0.1) is 0 Å². The number of carbonyl (C=O) groups is 2. The highest BCUT2D eigenvalue weighted by atomic mass is 35.5. The van der Waals surface area contributed by atoms with E-state index in [0.717, 1.165) is 16.8 Å². The number of piperazine rings is 1. The number of carbonyl (C=O) groups excluding carboxylic acids is 2. The normalized spacial score (nSPS) is 17.2. The van der Waals surface area contributed by atoms with Gasteiger partial charge in [0.2, 0.25) is 5.91 Å². The van der Waals surface area contributed by atoms with Crippen LogP contribution >= 0.6 is 11.6 Å². The molecule has 0 radical (unpaired) electrons. The highest BCUT2D eigenvalue weighted by molar-refractivity contribution is 6.30. The zero-order valence-electron chi connectivity index (χ0n) is 15.7. The van der Waals surface area contributed by atoms with Crippen molar-refractivity contribution in [3.05, 3.63) is 58.6 Å². The van der Waals surface area contributed by atoms with Gasteiger partial charge < -0.3 is 14.5 Å². The van der Waals surface area contributed by atoms with Gasteiger partial charge in [0, 0.05) is 23.8 Å².